The Labute approximate surface area is 145 Å². The maximum absolute atomic E-state index is 12.1. The van der Waals surface area contributed by atoms with Crippen LogP contribution in [0.15, 0.2) is 22.3 Å². The SMILES string of the molecule is CCCC(=O)[O][Ti]([CH3])([CH3])[CH]1CCCC2=C1C(C)C1=C2CCCC1. The zero-order valence-corrected chi connectivity index (χ0v) is 16.9. The molecule has 0 spiro atoms. The van der Waals surface area contributed by atoms with Gasteiger partial charge in [0.05, 0.1) is 0 Å². The molecule has 2 unspecified atom stereocenters. The molecule has 3 heteroatoms. The number of rotatable bonds is 4. The molecule has 0 heterocycles. The molecule has 0 N–H and O–H groups in total. The second kappa shape index (κ2) is 6.88. The Balaban J connectivity index is 1.87. The summed E-state index contributed by atoms with van der Waals surface area (Å²) in [5, 5.41) is 4.64. The van der Waals surface area contributed by atoms with Crippen molar-refractivity contribution in [3.05, 3.63) is 22.3 Å². The molecular formula is C20H32O2Ti. The van der Waals surface area contributed by atoms with E-state index in [1.807, 2.05) is 0 Å². The van der Waals surface area contributed by atoms with Gasteiger partial charge >= 0.3 is 146 Å². The van der Waals surface area contributed by atoms with Gasteiger partial charge in [-0.15, -0.1) is 0 Å². The van der Waals surface area contributed by atoms with Crippen LogP contribution in [0.2, 0.25) is 14.7 Å². The van der Waals surface area contributed by atoms with Gasteiger partial charge in [-0.3, -0.25) is 0 Å². The molecule has 0 fully saturated rings. The molecule has 0 saturated carbocycles. The molecule has 3 rings (SSSR count). The van der Waals surface area contributed by atoms with Crippen molar-refractivity contribution in [3.63, 3.8) is 0 Å². The second-order valence-corrected chi connectivity index (χ2v) is 14.6. The summed E-state index contributed by atoms with van der Waals surface area (Å²) in [7, 11) is 0. The first kappa shape index (κ1) is 17.5. The summed E-state index contributed by atoms with van der Waals surface area (Å²) < 4.78 is 6.71. The Kier molecular flexibility index (Phi) is 5.23. The van der Waals surface area contributed by atoms with Gasteiger partial charge in [0.25, 0.3) is 0 Å². The Morgan fingerprint density at radius 1 is 1.13 bits per heavy atom. The summed E-state index contributed by atoms with van der Waals surface area (Å²) in [6.07, 6.45) is 10.6. The van der Waals surface area contributed by atoms with Crippen molar-refractivity contribution in [2.75, 3.05) is 0 Å². The van der Waals surface area contributed by atoms with Crippen LogP contribution in [-0.2, 0) is 25.1 Å². The molecule has 0 aromatic carbocycles. The van der Waals surface area contributed by atoms with Gasteiger partial charge in [-0.2, -0.15) is 0 Å². The van der Waals surface area contributed by atoms with Crippen LogP contribution in [0, 0.1) is 5.92 Å². The van der Waals surface area contributed by atoms with Crippen molar-refractivity contribution in [2.24, 2.45) is 5.92 Å². The summed E-state index contributed by atoms with van der Waals surface area (Å²) in [6, 6.07) is 0. The number of carbonyl (C=O) groups excluding carboxylic acids is 1. The normalized spacial score (nSPS) is 27.8. The number of hydrogen-bond acceptors (Lipinski definition) is 2. The molecule has 0 amide bonds. The Bertz CT molecular complexity index is 556. The van der Waals surface area contributed by atoms with Gasteiger partial charge in [-0.25, -0.2) is 0 Å². The van der Waals surface area contributed by atoms with Crippen molar-refractivity contribution in [3.8, 4) is 0 Å². The van der Waals surface area contributed by atoms with Crippen molar-refractivity contribution in [1.82, 2.24) is 0 Å². The molecule has 0 aliphatic heterocycles. The average molecular weight is 352 g/mol. The van der Waals surface area contributed by atoms with Gasteiger partial charge < -0.3 is 0 Å². The fourth-order valence-corrected chi connectivity index (χ4v) is 9.70. The van der Waals surface area contributed by atoms with E-state index in [0.717, 1.165) is 6.42 Å². The average Bonchev–Trinajstić information content (AvgIpc) is 2.81. The third-order valence-corrected chi connectivity index (χ3v) is 10.9. The summed E-state index contributed by atoms with van der Waals surface area (Å²) in [5.74, 6) is 0.675. The summed E-state index contributed by atoms with van der Waals surface area (Å²) >= 11 is -2.61. The van der Waals surface area contributed by atoms with E-state index < -0.39 is 17.0 Å². The zero-order chi connectivity index (χ0) is 16.6. The molecule has 128 valence electrons. The van der Waals surface area contributed by atoms with Crippen LogP contribution in [0.4, 0.5) is 0 Å². The Morgan fingerprint density at radius 2 is 1.83 bits per heavy atom. The molecule has 23 heavy (non-hydrogen) atoms. The maximum atomic E-state index is 12.1. The number of allylic oxidation sites excluding steroid dienone is 4. The predicted molar refractivity (Wildman–Crippen MR) is 92.0 cm³/mol. The van der Waals surface area contributed by atoms with E-state index in [4.69, 9.17) is 3.32 Å². The van der Waals surface area contributed by atoms with E-state index in [1.165, 1.54) is 44.9 Å². The van der Waals surface area contributed by atoms with Gasteiger partial charge in [-0.05, 0) is 0 Å². The van der Waals surface area contributed by atoms with Crippen molar-refractivity contribution >= 4 is 5.97 Å². The number of hydrogen-bond donors (Lipinski definition) is 0. The van der Waals surface area contributed by atoms with Gasteiger partial charge in [0.1, 0.15) is 0 Å². The van der Waals surface area contributed by atoms with Crippen molar-refractivity contribution in [1.29, 1.82) is 0 Å². The molecule has 0 saturated heterocycles. The van der Waals surface area contributed by atoms with Gasteiger partial charge in [0.2, 0.25) is 0 Å². The van der Waals surface area contributed by atoms with Gasteiger partial charge in [0.15, 0.2) is 0 Å². The van der Waals surface area contributed by atoms with Crippen LogP contribution in [0.25, 0.3) is 0 Å². The van der Waals surface area contributed by atoms with E-state index in [9.17, 15) is 4.79 Å². The third kappa shape index (κ3) is 3.26. The fourth-order valence-electron chi connectivity index (χ4n) is 5.16. The van der Waals surface area contributed by atoms with Crippen LogP contribution >= 0.6 is 0 Å². The molecule has 2 atom stereocenters. The first-order valence-electron chi connectivity index (χ1n) is 9.62. The number of carbonyl (C=O) groups is 1. The fraction of sp³-hybridized carbons (Fsp3) is 0.750. The Hall–Kier alpha value is -0.336. The van der Waals surface area contributed by atoms with Crippen LogP contribution < -0.4 is 0 Å². The first-order chi connectivity index (χ1) is 11.0. The summed E-state index contributed by atoms with van der Waals surface area (Å²) in [6.45, 7) is 4.48. The van der Waals surface area contributed by atoms with Gasteiger partial charge in [-0.1, -0.05) is 0 Å². The van der Waals surface area contributed by atoms with Crippen LogP contribution in [0.1, 0.15) is 71.6 Å². The standard InChI is InChI=1S/C14H19.C4H8O2.2CH3.Ti/c1-10-11-6-2-4-8-13(11)14-9-5-3-7-12(10)14;1-2-3-4(5)6;;;/h6,10H,2-5,7-9H2,1H3;2-3H2,1H3,(H,5,6);2*1H3;/q;;;;+1/p-1. The van der Waals surface area contributed by atoms with Gasteiger partial charge in [0, 0.05) is 0 Å². The molecule has 0 aromatic heterocycles. The molecular weight excluding hydrogens is 320 g/mol. The summed E-state index contributed by atoms with van der Waals surface area (Å²) in [4.78, 5) is 12.1. The molecule has 0 radical (unpaired) electrons. The minimum atomic E-state index is -2.61. The quantitative estimate of drug-likeness (QED) is 0.556. The van der Waals surface area contributed by atoms with E-state index in [0.29, 0.717) is 16.6 Å². The minimum absolute atomic E-state index is 0.0496. The van der Waals surface area contributed by atoms with Crippen LogP contribution in [-0.4, -0.2) is 5.97 Å². The predicted octanol–water partition coefficient (Wildman–Crippen LogP) is 6.28. The third-order valence-electron chi connectivity index (χ3n) is 6.18. The van der Waals surface area contributed by atoms with Crippen molar-refractivity contribution < 1.29 is 25.1 Å². The Morgan fingerprint density at radius 3 is 2.57 bits per heavy atom. The summed E-state index contributed by atoms with van der Waals surface area (Å²) in [5.41, 5.74) is 6.87. The molecule has 0 aromatic rings. The van der Waals surface area contributed by atoms with E-state index in [-0.39, 0.29) is 5.97 Å². The van der Waals surface area contributed by atoms with E-state index >= 15 is 0 Å². The molecule has 3 aliphatic rings. The molecule has 0 bridgehead atoms. The van der Waals surface area contributed by atoms with E-state index in [2.05, 4.69) is 24.3 Å². The van der Waals surface area contributed by atoms with E-state index in [1.54, 1.807) is 22.3 Å². The van der Waals surface area contributed by atoms with Crippen molar-refractivity contribution in [2.45, 2.75) is 86.3 Å². The number of fused-ring (bicyclic) bond motifs is 1. The second-order valence-electron chi connectivity index (χ2n) is 8.14. The topological polar surface area (TPSA) is 26.3 Å². The van der Waals surface area contributed by atoms with Crippen LogP contribution in [0.3, 0.4) is 0 Å². The first-order valence-corrected chi connectivity index (χ1v) is 14.3. The monoisotopic (exact) mass is 352 g/mol. The zero-order valence-electron chi connectivity index (χ0n) is 15.3. The molecule has 3 aliphatic carbocycles. The van der Waals surface area contributed by atoms with Crippen LogP contribution in [0.5, 0.6) is 0 Å². The molecule has 2 nitrogen and oxygen atoms in total.